The number of amides is 1. The molecule has 19 heavy (non-hydrogen) atoms. The smallest absolute Gasteiger partial charge is 0.240 e. The van der Waals surface area contributed by atoms with Crippen LogP contribution in [0, 0.1) is 0 Å². The second-order valence-corrected chi connectivity index (χ2v) is 6.10. The largest absolute Gasteiger partial charge is 0.313 e. The average Bonchev–Trinajstić information content (AvgIpc) is 3.00. The Bertz CT molecular complexity index is 387. The molecule has 1 fully saturated rings. The molecule has 1 aromatic heterocycles. The third-order valence-electron chi connectivity index (χ3n) is 3.37. The second-order valence-electron chi connectivity index (χ2n) is 5.20. The Hall–Kier alpha value is -0.980. The Morgan fingerprint density at radius 3 is 3.11 bits per heavy atom. The summed E-state index contributed by atoms with van der Waals surface area (Å²) in [7, 11) is 0. The van der Waals surface area contributed by atoms with Gasteiger partial charge >= 0.3 is 0 Å². The van der Waals surface area contributed by atoms with E-state index in [0.717, 1.165) is 13.1 Å². The molecule has 2 N–H and O–H groups in total. The Morgan fingerprint density at radius 1 is 1.68 bits per heavy atom. The summed E-state index contributed by atoms with van der Waals surface area (Å²) in [6.07, 6.45) is 4.14. The van der Waals surface area contributed by atoms with Gasteiger partial charge in [-0.05, 0) is 33.2 Å². The lowest BCUT2D eigenvalue weighted by Gasteiger charge is -2.28. The molecule has 2 heterocycles. The zero-order chi connectivity index (χ0) is 13.7. The normalized spacial score (nSPS) is 19.3. The molecule has 0 aliphatic carbocycles. The highest BCUT2D eigenvalue weighted by molar-refractivity contribution is 7.13. The summed E-state index contributed by atoms with van der Waals surface area (Å²) in [4.78, 5) is 18.3. The van der Waals surface area contributed by atoms with Crippen LogP contribution in [-0.2, 0) is 4.79 Å². The maximum Gasteiger partial charge on any atom is 0.240 e. The highest BCUT2D eigenvalue weighted by Crippen LogP contribution is 2.12. The predicted molar refractivity (Wildman–Crippen MR) is 78.5 cm³/mol. The molecule has 1 aromatic rings. The molecule has 0 saturated carbocycles. The fraction of sp³-hybridized carbons (Fsp3) is 0.692. The highest BCUT2D eigenvalue weighted by Gasteiger charge is 2.21. The van der Waals surface area contributed by atoms with E-state index in [2.05, 4.69) is 34.4 Å². The number of nitrogens with zero attached hydrogens (tertiary/aromatic N) is 2. The first-order chi connectivity index (χ1) is 9.15. The van der Waals surface area contributed by atoms with Crippen molar-refractivity contribution in [1.29, 1.82) is 0 Å². The highest BCUT2D eigenvalue weighted by atomic mass is 32.1. The van der Waals surface area contributed by atoms with Gasteiger partial charge in [-0.1, -0.05) is 0 Å². The summed E-state index contributed by atoms with van der Waals surface area (Å²) < 4.78 is 0. The van der Waals surface area contributed by atoms with E-state index in [0.29, 0.717) is 23.8 Å². The number of carbonyl (C=O) groups is 1. The zero-order valence-electron chi connectivity index (χ0n) is 11.6. The number of rotatable bonds is 6. The van der Waals surface area contributed by atoms with E-state index in [1.807, 2.05) is 5.38 Å². The van der Waals surface area contributed by atoms with Gasteiger partial charge in [0.1, 0.15) is 0 Å². The van der Waals surface area contributed by atoms with Crippen molar-refractivity contribution >= 4 is 22.4 Å². The molecule has 1 saturated heterocycles. The molecular formula is C13H22N4OS. The number of thiazole rings is 1. The van der Waals surface area contributed by atoms with Crippen molar-refractivity contribution in [1.82, 2.24) is 15.2 Å². The van der Waals surface area contributed by atoms with Gasteiger partial charge in [0.05, 0.1) is 6.54 Å². The molecule has 0 spiro atoms. The van der Waals surface area contributed by atoms with Crippen LogP contribution in [0.15, 0.2) is 11.6 Å². The fourth-order valence-electron chi connectivity index (χ4n) is 2.28. The second kappa shape index (κ2) is 6.98. The van der Waals surface area contributed by atoms with Gasteiger partial charge in [-0.25, -0.2) is 4.98 Å². The van der Waals surface area contributed by atoms with Gasteiger partial charge < -0.3 is 10.6 Å². The molecule has 1 atom stereocenters. The van der Waals surface area contributed by atoms with Crippen molar-refractivity contribution in [3.8, 4) is 0 Å². The van der Waals surface area contributed by atoms with Gasteiger partial charge in [0, 0.05) is 30.2 Å². The van der Waals surface area contributed by atoms with Crippen molar-refractivity contribution in [3.05, 3.63) is 11.6 Å². The molecule has 1 aliphatic rings. The Balaban J connectivity index is 1.83. The Morgan fingerprint density at radius 2 is 2.53 bits per heavy atom. The minimum Gasteiger partial charge on any atom is -0.313 e. The van der Waals surface area contributed by atoms with Gasteiger partial charge in [-0.15, -0.1) is 11.3 Å². The molecule has 1 aliphatic heterocycles. The molecule has 0 radical (unpaired) electrons. The Kier molecular flexibility index (Phi) is 5.30. The SMILES string of the molecule is CC(C)N(CC(=O)Nc1nccs1)CC1CCCN1. The topological polar surface area (TPSA) is 57.3 Å². The van der Waals surface area contributed by atoms with Crippen LogP contribution >= 0.6 is 11.3 Å². The molecule has 1 unspecified atom stereocenters. The number of hydrogen-bond donors (Lipinski definition) is 2. The summed E-state index contributed by atoms with van der Waals surface area (Å²) in [5.74, 6) is 0.0154. The third-order valence-corrected chi connectivity index (χ3v) is 4.06. The first kappa shape index (κ1) is 14.4. The van der Waals surface area contributed by atoms with Gasteiger partial charge in [-0.3, -0.25) is 9.69 Å². The number of hydrogen-bond acceptors (Lipinski definition) is 5. The monoisotopic (exact) mass is 282 g/mol. The number of nitrogens with one attached hydrogen (secondary N) is 2. The van der Waals surface area contributed by atoms with E-state index in [4.69, 9.17) is 0 Å². The maximum atomic E-state index is 12.0. The lowest BCUT2D eigenvalue weighted by molar-refractivity contribution is -0.117. The summed E-state index contributed by atoms with van der Waals surface area (Å²) in [6.45, 7) is 6.72. The van der Waals surface area contributed by atoms with Crippen molar-refractivity contribution in [2.45, 2.75) is 38.8 Å². The maximum absolute atomic E-state index is 12.0. The van der Waals surface area contributed by atoms with Gasteiger partial charge in [0.25, 0.3) is 0 Å². The van der Waals surface area contributed by atoms with Crippen LogP contribution in [0.25, 0.3) is 0 Å². The molecule has 0 bridgehead atoms. The van der Waals surface area contributed by atoms with Gasteiger partial charge in [0.15, 0.2) is 5.13 Å². The lowest BCUT2D eigenvalue weighted by atomic mass is 10.2. The predicted octanol–water partition coefficient (Wildman–Crippen LogP) is 1.54. The van der Waals surface area contributed by atoms with Crippen LogP contribution in [0.1, 0.15) is 26.7 Å². The third kappa shape index (κ3) is 4.56. The van der Waals surface area contributed by atoms with Crippen molar-refractivity contribution in [2.75, 3.05) is 25.0 Å². The summed E-state index contributed by atoms with van der Waals surface area (Å²) in [5.41, 5.74) is 0. The molecule has 0 aromatic carbocycles. The van der Waals surface area contributed by atoms with E-state index in [-0.39, 0.29) is 5.91 Å². The number of carbonyl (C=O) groups excluding carboxylic acids is 1. The van der Waals surface area contributed by atoms with Crippen LogP contribution < -0.4 is 10.6 Å². The molecule has 6 heteroatoms. The minimum absolute atomic E-state index is 0.0154. The molecule has 2 rings (SSSR count). The van der Waals surface area contributed by atoms with Crippen molar-refractivity contribution < 1.29 is 4.79 Å². The van der Waals surface area contributed by atoms with E-state index >= 15 is 0 Å². The van der Waals surface area contributed by atoms with E-state index < -0.39 is 0 Å². The minimum atomic E-state index is 0.0154. The van der Waals surface area contributed by atoms with E-state index in [1.165, 1.54) is 24.2 Å². The van der Waals surface area contributed by atoms with Crippen molar-refractivity contribution in [3.63, 3.8) is 0 Å². The quantitative estimate of drug-likeness (QED) is 0.831. The van der Waals surface area contributed by atoms with Crippen LogP contribution in [0.2, 0.25) is 0 Å². The van der Waals surface area contributed by atoms with E-state index in [1.54, 1.807) is 6.20 Å². The van der Waals surface area contributed by atoms with Gasteiger partial charge in [0.2, 0.25) is 5.91 Å². The molecule has 106 valence electrons. The molecular weight excluding hydrogens is 260 g/mol. The molecule has 5 nitrogen and oxygen atoms in total. The standard InChI is InChI=1S/C13H22N4OS/c1-10(2)17(8-11-4-3-5-14-11)9-12(18)16-13-15-6-7-19-13/h6-7,10-11,14H,3-5,8-9H2,1-2H3,(H,15,16,18). The summed E-state index contributed by atoms with van der Waals surface area (Å²) in [6, 6.07) is 0.888. The summed E-state index contributed by atoms with van der Waals surface area (Å²) >= 11 is 1.45. The van der Waals surface area contributed by atoms with Crippen LogP contribution in [-0.4, -0.2) is 47.5 Å². The van der Waals surface area contributed by atoms with Crippen LogP contribution in [0.4, 0.5) is 5.13 Å². The summed E-state index contributed by atoms with van der Waals surface area (Å²) in [5, 5.41) is 8.85. The number of aromatic nitrogens is 1. The average molecular weight is 282 g/mol. The van der Waals surface area contributed by atoms with Crippen molar-refractivity contribution in [2.24, 2.45) is 0 Å². The van der Waals surface area contributed by atoms with E-state index in [9.17, 15) is 4.79 Å². The molecule has 1 amide bonds. The zero-order valence-corrected chi connectivity index (χ0v) is 12.4. The first-order valence-corrected chi connectivity index (χ1v) is 7.70. The first-order valence-electron chi connectivity index (χ1n) is 6.82. The van der Waals surface area contributed by atoms with Crippen LogP contribution in [0.3, 0.4) is 0 Å². The number of anilines is 1. The Labute approximate surface area is 118 Å². The fourth-order valence-corrected chi connectivity index (χ4v) is 2.83. The van der Waals surface area contributed by atoms with Crippen LogP contribution in [0.5, 0.6) is 0 Å². The lowest BCUT2D eigenvalue weighted by Crippen LogP contribution is -2.44. The van der Waals surface area contributed by atoms with Gasteiger partial charge in [-0.2, -0.15) is 0 Å².